The number of benzene rings is 3. The molecular formula is C31H28N2O5. The van der Waals surface area contributed by atoms with Gasteiger partial charge in [0.1, 0.15) is 5.76 Å². The largest absolute Gasteiger partial charge is 0.507 e. The van der Waals surface area contributed by atoms with Crippen molar-refractivity contribution in [3.8, 4) is 11.5 Å². The van der Waals surface area contributed by atoms with Gasteiger partial charge in [-0.3, -0.25) is 9.59 Å². The molecule has 0 saturated carbocycles. The molecule has 38 heavy (non-hydrogen) atoms. The zero-order chi connectivity index (χ0) is 26.6. The van der Waals surface area contributed by atoms with Crippen LogP contribution in [0.3, 0.4) is 0 Å². The van der Waals surface area contributed by atoms with Gasteiger partial charge in [0, 0.05) is 29.2 Å². The van der Waals surface area contributed by atoms with Crippen molar-refractivity contribution in [3.05, 3.63) is 101 Å². The van der Waals surface area contributed by atoms with Crippen LogP contribution in [-0.2, 0) is 21.5 Å². The number of para-hydroxylation sites is 1. The molecule has 1 atom stereocenters. The topological polar surface area (TPSA) is 91.9 Å². The second-order valence-corrected chi connectivity index (χ2v) is 10.7. The molecule has 2 aliphatic rings. The number of carbonyl (C=O) groups is 2. The van der Waals surface area contributed by atoms with E-state index in [0.717, 1.165) is 27.6 Å². The van der Waals surface area contributed by atoms with Gasteiger partial charge >= 0.3 is 0 Å². The maximum absolute atomic E-state index is 13.5. The molecule has 2 aliphatic heterocycles. The average Bonchev–Trinajstić information content (AvgIpc) is 3.61. The van der Waals surface area contributed by atoms with E-state index >= 15 is 0 Å². The molecule has 0 bridgehead atoms. The first kappa shape index (κ1) is 23.9. The lowest BCUT2D eigenvalue weighted by molar-refractivity contribution is -0.140. The van der Waals surface area contributed by atoms with Gasteiger partial charge in [0.2, 0.25) is 6.79 Å². The lowest BCUT2D eigenvalue weighted by atomic mass is 9.85. The number of carbonyl (C=O) groups excluding carboxylic acids is 2. The number of aromatic nitrogens is 1. The van der Waals surface area contributed by atoms with E-state index in [0.29, 0.717) is 17.1 Å². The normalized spacial score (nSPS) is 18.5. The Bertz CT molecular complexity index is 1610. The first-order valence-corrected chi connectivity index (χ1v) is 12.6. The number of nitrogens with zero attached hydrogens (tertiary/aromatic N) is 1. The van der Waals surface area contributed by atoms with Crippen LogP contribution in [0.15, 0.2) is 78.5 Å². The Kier molecular flexibility index (Phi) is 5.52. The molecule has 4 aromatic rings. The van der Waals surface area contributed by atoms with Crippen molar-refractivity contribution >= 4 is 28.4 Å². The van der Waals surface area contributed by atoms with Crippen molar-refractivity contribution in [1.29, 1.82) is 0 Å². The van der Waals surface area contributed by atoms with Crippen molar-refractivity contribution in [3.63, 3.8) is 0 Å². The van der Waals surface area contributed by atoms with Crippen molar-refractivity contribution in [2.24, 2.45) is 0 Å². The number of ether oxygens (including phenoxy) is 2. The van der Waals surface area contributed by atoms with E-state index < -0.39 is 17.7 Å². The van der Waals surface area contributed by atoms with Gasteiger partial charge < -0.3 is 24.5 Å². The fourth-order valence-corrected chi connectivity index (χ4v) is 5.20. The highest BCUT2D eigenvalue weighted by Crippen LogP contribution is 2.42. The van der Waals surface area contributed by atoms with Crippen LogP contribution >= 0.6 is 0 Å². The summed E-state index contributed by atoms with van der Waals surface area (Å²) in [5, 5.41) is 12.3. The molecule has 6 rings (SSSR count). The minimum absolute atomic E-state index is 0.0587. The smallest absolute Gasteiger partial charge is 0.295 e. The molecule has 0 radical (unpaired) electrons. The number of amides is 1. The Morgan fingerprint density at radius 1 is 1.00 bits per heavy atom. The lowest BCUT2D eigenvalue weighted by Gasteiger charge is -2.26. The van der Waals surface area contributed by atoms with Gasteiger partial charge in [0.05, 0.1) is 11.6 Å². The molecule has 0 spiro atoms. The molecular weight excluding hydrogens is 480 g/mol. The first-order chi connectivity index (χ1) is 18.2. The Labute approximate surface area is 220 Å². The third-order valence-electron chi connectivity index (χ3n) is 7.27. The van der Waals surface area contributed by atoms with Gasteiger partial charge in [-0.05, 0) is 40.3 Å². The van der Waals surface area contributed by atoms with E-state index in [1.807, 2.05) is 60.7 Å². The number of rotatable bonds is 4. The quantitative estimate of drug-likeness (QED) is 0.206. The van der Waals surface area contributed by atoms with Crippen molar-refractivity contribution in [2.75, 3.05) is 6.79 Å². The minimum atomic E-state index is -0.761. The number of hydrogen-bond donors (Lipinski definition) is 2. The number of ketones is 1. The van der Waals surface area contributed by atoms with Gasteiger partial charge in [-0.25, -0.2) is 0 Å². The predicted octanol–water partition coefficient (Wildman–Crippen LogP) is 5.82. The highest BCUT2D eigenvalue weighted by Gasteiger charge is 2.46. The summed E-state index contributed by atoms with van der Waals surface area (Å²) in [6, 6.07) is 20.1. The SMILES string of the molecule is CC(C)(C)c1ccc(C2/C(=C(/O)c3c[nH]c4ccccc34)C(=O)C(=O)N2Cc2ccc3c(c2)OCO3)cc1. The number of aliphatic hydroxyl groups excluding tert-OH is 1. The van der Waals surface area contributed by atoms with Gasteiger partial charge in [0.15, 0.2) is 11.5 Å². The van der Waals surface area contributed by atoms with E-state index in [1.54, 1.807) is 12.3 Å². The number of H-pyrrole nitrogens is 1. The molecule has 1 aromatic heterocycles. The molecule has 3 aromatic carbocycles. The van der Waals surface area contributed by atoms with E-state index in [4.69, 9.17) is 9.47 Å². The number of hydrogen-bond acceptors (Lipinski definition) is 5. The first-order valence-electron chi connectivity index (χ1n) is 12.6. The zero-order valence-corrected chi connectivity index (χ0v) is 21.4. The van der Waals surface area contributed by atoms with Crippen LogP contribution in [-0.4, -0.2) is 33.5 Å². The van der Waals surface area contributed by atoms with Gasteiger partial charge in [-0.2, -0.15) is 0 Å². The highest BCUT2D eigenvalue weighted by atomic mass is 16.7. The standard InChI is InChI=1S/C31H28N2O5/c1-31(2,3)20-11-9-19(10-12-20)27-26(28(34)22-15-32-23-7-5-4-6-21(22)23)29(35)30(36)33(27)16-18-8-13-24-25(14-18)38-17-37-24/h4-15,27,32,34H,16-17H2,1-3H3/b28-26-. The number of aromatic amines is 1. The van der Waals surface area contributed by atoms with Crippen molar-refractivity contribution in [1.82, 2.24) is 9.88 Å². The van der Waals surface area contributed by atoms with Crippen LogP contribution in [0.25, 0.3) is 16.7 Å². The summed E-state index contributed by atoms with van der Waals surface area (Å²) in [6.45, 7) is 6.70. The van der Waals surface area contributed by atoms with Crippen LogP contribution in [0.2, 0.25) is 0 Å². The number of aliphatic hydroxyl groups is 1. The zero-order valence-electron chi connectivity index (χ0n) is 21.4. The molecule has 1 amide bonds. The van der Waals surface area contributed by atoms with E-state index in [9.17, 15) is 14.7 Å². The summed E-state index contributed by atoms with van der Waals surface area (Å²) in [5.41, 5.74) is 4.00. The second kappa shape index (κ2) is 8.80. The minimum Gasteiger partial charge on any atom is -0.507 e. The van der Waals surface area contributed by atoms with Crippen LogP contribution in [0.4, 0.5) is 0 Å². The molecule has 1 fully saturated rings. The van der Waals surface area contributed by atoms with E-state index in [2.05, 4.69) is 25.8 Å². The Hall–Kier alpha value is -4.52. The van der Waals surface area contributed by atoms with Gasteiger partial charge in [-0.1, -0.05) is 69.3 Å². The Morgan fingerprint density at radius 2 is 1.74 bits per heavy atom. The van der Waals surface area contributed by atoms with Crippen molar-refractivity contribution < 1.29 is 24.2 Å². The maximum atomic E-state index is 13.5. The van der Waals surface area contributed by atoms with Crippen LogP contribution < -0.4 is 9.47 Å². The summed E-state index contributed by atoms with van der Waals surface area (Å²) in [5.74, 6) is -0.320. The lowest BCUT2D eigenvalue weighted by Crippen LogP contribution is -2.29. The summed E-state index contributed by atoms with van der Waals surface area (Å²) in [7, 11) is 0. The molecule has 3 heterocycles. The number of fused-ring (bicyclic) bond motifs is 2. The van der Waals surface area contributed by atoms with Crippen LogP contribution in [0, 0.1) is 0 Å². The summed E-state index contributed by atoms with van der Waals surface area (Å²) >= 11 is 0. The molecule has 0 aliphatic carbocycles. The van der Waals surface area contributed by atoms with Crippen molar-refractivity contribution in [2.45, 2.75) is 38.8 Å². The van der Waals surface area contributed by atoms with Gasteiger partial charge in [0.25, 0.3) is 11.7 Å². The molecule has 7 nitrogen and oxygen atoms in total. The van der Waals surface area contributed by atoms with Crippen LogP contribution in [0.1, 0.15) is 49.1 Å². The average molecular weight is 509 g/mol. The van der Waals surface area contributed by atoms with E-state index in [1.165, 1.54) is 4.90 Å². The maximum Gasteiger partial charge on any atom is 0.295 e. The third-order valence-corrected chi connectivity index (χ3v) is 7.27. The number of likely N-dealkylation sites (tertiary alicyclic amines) is 1. The monoisotopic (exact) mass is 508 g/mol. The Balaban J connectivity index is 1.48. The summed E-state index contributed by atoms with van der Waals surface area (Å²) < 4.78 is 10.9. The number of Topliss-reactive ketones (excluding diaryl/α,β-unsaturated/α-hetero) is 1. The number of nitrogens with one attached hydrogen (secondary N) is 1. The predicted molar refractivity (Wildman–Crippen MR) is 144 cm³/mol. The second-order valence-electron chi connectivity index (χ2n) is 10.7. The highest BCUT2D eigenvalue weighted by molar-refractivity contribution is 6.46. The Morgan fingerprint density at radius 3 is 2.50 bits per heavy atom. The van der Waals surface area contributed by atoms with E-state index in [-0.39, 0.29) is 30.1 Å². The third kappa shape index (κ3) is 3.91. The van der Waals surface area contributed by atoms with Gasteiger partial charge in [-0.15, -0.1) is 0 Å². The summed E-state index contributed by atoms with van der Waals surface area (Å²) in [6.07, 6.45) is 1.67. The molecule has 192 valence electrons. The molecule has 7 heteroatoms. The fraction of sp³-hybridized carbons (Fsp3) is 0.226. The molecule has 1 unspecified atom stereocenters. The summed E-state index contributed by atoms with van der Waals surface area (Å²) in [4.78, 5) is 31.6. The molecule has 1 saturated heterocycles. The fourth-order valence-electron chi connectivity index (χ4n) is 5.20. The molecule has 2 N–H and O–H groups in total. The van der Waals surface area contributed by atoms with Crippen LogP contribution in [0.5, 0.6) is 11.5 Å².